The standard InChI is InChI=1S/C18H27N5O/c24-18(21-16-11-14-4-5-15(12-16)20-14)13-22-7-9-23(10-8-22)17-3-1-2-6-19-17/h1-3,6,14-16,20H,4-5,7-13H2,(H,21,24). The number of carbonyl (C=O) groups excluding carboxylic acids is 1. The third-order valence-corrected chi connectivity index (χ3v) is 5.55. The second-order valence-corrected chi connectivity index (χ2v) is 7.32. The third-order valence-electron chi connectivity index (χ3n) is 5.55. The number of hydrogen-bond donors (Lipinski definition) is 2. The van der Waals surface area contributed by atoms with E-state index < -0.39 is 0 Å². The van der Waals surface area contributed by atoms with Crippen molar-refractivity contribution in [3.05, 3.63) is 24.4 Å². The van der Waals surface area contributed by atoms with Crippen molar-refractivity contribution in [3.8, 4) is 0 Å². The smallest absolute Gasteiger partial charge is 0.234 e. The van der Waals surface area contributed by atoms with Crippen LogP contribution in [0.25, 0.3) is 0 Å². The van der Waals surface area contributed by atoms with E-state index in [0.717, 1.165) is 44.8 Å². The summed E-state index contributed by atoms with van der Waals surface area (Å²) in [5.74, 6) is 1.22. The highest BCUT2D eigenvalue weighted by Gasteiger charge is 2.34. The van der Waals surface area contributed by atoms with Gasteiger partial charge in [-0.3, -0.25) is 9.69 Å². The predicted molar refractivity (Wildman–Crippen MR) is 94.0 cm³/mol. The van der Waals surface area contributed by atoms with E-state index in [1.807, 2.05) is 24.4 Å². The highest BCUT2D eigenvalue weighted by atomic mass is 16.2. The molecule has 1 aromatic heterocycles. The summed E-state index contributed by atoms with van der Waals surface area (Å²) in [6.07, 6.45) is 6.56. The summed E-state index contributed by atoms with van der Waals surface area (Å²) in [4.78, 5) is 21.3. The van der Waals surface area contributed by atoms with Crippen LogP contribution >= 0.6 is 0 Å². The Hall–Kier alpha value is -1.66. The Morgan fingerprint density at radius 3 is 2.58 bits per heavy atom. The first kappa shape index (κ1) is 15.8. The molecule has 2 atom stereocenters. The van der Waals surface area contributed by atoms with Gasteiger partial charge in [-0.25, -0.2) is 4.98 Å². The Labute approximate surface area is 143 Å². The average Bonchev–Trinajstić information content (AvgIpc) is 2.95. The highest BCUT2D eigenvalue weighted by Crippen LogP contribution is 2.26. The van der Waals surface area contributed by atoms with Crippen LogP contribution in [0.5, 0.6) is 0 Å². The van der Waals surface area contributed by atoms with Crippen molar-refractivity contribution in [2.75, 3.05) is 37.6 Å². The molecule has 0 radical (unpaired) electrons. The molecule has 0 saturated carbocycles. The first-order chi connectivity index (χ1) is 11.8. The van der Waals surface area contributed by atoms with E-state index in [0.29, 0.717) is 24.7 Å². The van der Waals surface area contributed by atoms with Gasteiger partial charge < -0.3 is 15.5 Å². The van der Waals surface area contributed by atoms with E-state index in [1.54, 1.807) is 0 Å². The number of amides is 1. The summed E-state index contributed by atoms with van der Waals surface area (Å²) in [6.45, 7) is 4.22. The molecule has 4 heterocycles. The maximum atomic E-state index is 12.4. The van der Waals surface area contributed by atoms with E-state index >= 15 is 0 Å². The maximum Gasteiger partial charge on any atom is 0.234 e. The molecule has 2 unspecified atom stereocenters. The first-order valence-corrected chi connectivity index (χ1v) is 9.20. The van der Waals surface area contributed by atoms with Crippen LogP contribution in [-0.4, -0.2) is 66.6 Å². The number of pyridine rings is 1. The van der Waals surface area contributed by atoms with E-state index in [2.05, 4.69) is 25.4 Å². The minimum Gasteiger partial charge on any atom is -0.354 e. The molecular formula is C18H27N5O. The summed E-state index contributed by atoms with van der Waals surface area (Å²) in [5, 5.41) is 6.89. The lowest BCUT2D eigenvalue weighted by molar-refractivity contribution is -0.123. The normalized spacial score (nSPS) is 30.3. The van der Waals surface area contributed by atoms with Crippen LogP contribution in [0.15, 0.2) is 24.4 Å². The number of anilines is 1. The fourth-order valence-electron chi connectivity index (χ4n) is 4.33. The third kappa shape index (κ3) is 3.70. The Morgan fingerprint density at radius 1 is 1.17 bits per heavy atom. The van der Waals surface area contributed by atoms with Gasteiger partial charge in [0.05, 0.1) is 6.54 Å². The SMILES string of the molecule is O=C(CN1CCN(c2ccccn2)CC1)NC1CC2CCC(C1)N2. The van der Waals surface area contributed by atoms with Gasteiger partial charge >= 0.3 is 0 Å². The molecule has 0 aliphatic carbocycles. The Bertz CT molecular complexity index is 546. The number of carbonyl (C=O) groups is 1. The monoisotopic (exact) mass is 329 g/mol. The first-order valence-electron chi connectivity index (χ1n) is 9.20. The zero-order chi connectivity index (χ0) is 16.4. The van der Waals surface area contributed by atoms with E-state index in [-0.39, 0.29) is 5.91 Å². The quantitative estimate of drug-likeness (QED) is 0.847. The Balaban J connectivity index is 1.21. The van der Waals surface area contributed by atoms with Crippen molar-refractivity contribution >= 4 is 11.7 Å². The van der Waals surface area contributed by atoms with Crippen LogP contribution in [0.3, 0.4) is 0 Å². The minimum absolute atomic E-state index is 0.188. The van der Waals surface area contributed by atoms with Crippen LogP contribution in [0.4, 0.5) is 5.82 Å². The van der Waals surface area contributed by atoms with Crippen LogP contribution in [-0.2, 0) is 4.79 Å². The van der Waals surface area contributed by atoms with Gasteiger partial charge in [0.2, 0.25) is 5.91 Å². The van der Waals surface area contributed by atoms with Gasteiger partial charge in [-0.1, -0.05) is 6.07 Å². The molecule has 2 bridgehead atoms. The Kier molecular flexibility index (Phi) is 4.67. The van der Waals surface area contributed by atoms with Crippen molar-refractivity contribution in [2.24, 2.45) is 0 Å². The zero-order valence-electron chi connectivity index (χ0n) is 14.2. The average molecular weight is 329 g/mol. The van der Waals surface area contributed by atoms with Crippen molar-refractivity contribution in [2.45, 2.75) is 43.8 Å². The number of hydrogen-bond acceptors (Lipinski definition) is 5. The van der Waals surface area contributed by atoms with Gasteiger partial charge in [0.1, 0.15) is 5.82 Å². The molecule has 1 amide bonds. The fraction of sp³-hybridized carbons (Fsp3) is 0.667. The van der Waals surface area contributed by atoms with Crippen LogP contribution in [0.2, 0.25) is 0 Å². The molecule has 0 aromatic carbocycles. The number of piperazine rings is 1. The number of rotatable bonds is 4. The van der Waals surface area contributed by atoms with E-state index in [1.165, 1.54) is 12.8 Å². The molecule has 4 rings (SSSR count). The molecule has 3 saturated heterocycles. The molecule has 6 nitrogen and oxygen atoms in total. The van der Waals surface area contributed by atoms with Crippen LogP contribution in [0, 0.1) is 0 Å². The number of nitrogens with one attached hydrogen (secondary N) is 2. The van der Waals surface area contributed by atoms with Gasteiger partial charge in [0, 0.05) is 50.5 Å². The largest absolute Gasteiger partial charge is 0.354 e. The highest BCUT2D eigenvalue weighted by molar-refractivity contribution is 5.78. The molecule has 130 valence electrons. The molecular weight excluding hydrogens is 302 g/mol. The van der Waals surface area contributed by atoms with Crippen molar-refractivity contribution in [3.63, 3.8) is 0 Å². The fourth-order valence-corrected chi connectivity index (χ4v) is 4.33. The second-order valence-electron chi connectivity index (χ2n) is 7.32. The molecule has 6 heteroatoms. The molecule has 3 aliphatic rings. The van der Waals surface area contributed by atoms with Gasteiger partial charge in [-0.15, -0.1) is 0 Å². The van der Waals surface area contributed by atoms with E-state index in [4.69, 9.17) is 0 Å². The molecule has 3 aliphatic heterocycles. The zero-order valence-corrected chi connectivity index (χ0v) is 14.2. The van der Waals surface area contributed by atoms with Crippen LogP contribution < -0.4 is 15.5 Å². The van der Waals surface area contributed by atoms with Gasteiger partial charge in [-0.05, 0) is 37.8 Å². The number of piperidine rings is 1. The number of aromatic nitrogens is 1. The summed E-state index contributed by atoms with van der Waals surface area (Å²) in [7, 11) is 0. The van der Waals surface area contributed by atoms with Gasteiger partial charge in [0.25, 0.3) is 0 Å². The second kappa shape index (κ2) is 7.07. The lowest BCUT2D eigenvalue weighted by atomic mass is 10.00. The van der Waals surface area contributed by atoms with Crippen molar-refractivity contribution in [1.82, 2.24) is 20.5 Å². The molecule has 24 heavy (non-hydrogen) atoms. The van der Waals surface area contributed by atoms with Gasteiger partial charge in [-0.2, -0.15) is 0 Å². The maximum absolute atomic E-state index is 12.4. The topological polar surface area (TPSA) is 60.5 Å². The number of nitrogens with zero attached hydrogens (tertiary/aromatic N) is 3. The molecule has 3 fully saturated rings. The molecule has 0 spiro atoms. The summed E-state index contributed by atoms with van der Waals surface area (Å²) in [5.41, 5.74) is 0. The summed E-state index contributed by atoms with van der Waals surface area (Å²) in [6, 6.07) is 7.62. The van der Waals surface area contributed by atoms with Crippen LogP contribution in [0.1, 0.15) is 25.7 Å². The van der Waals surface area contributed by atoms with Gasteiger partial charge in [0.15, 0.2) is 0 Å². The molecule has 1 aromatic rings. The van der Waals surface area contributed by atoms with Crippen molar-refractivity contribution in [1.29, 1.82) is 0 Å². The lowest BCUT2D eigenvalue weighted by Gasteiger charge is -2.35. The Morgan fingerprint density at radius 2 is 1.92 bits per heavy atom. The predicted octanol–water partition coefficient (Wildman–Crippen LogP) is 0.603. The molecule has 2 N–H and O–H groups in total. The summed E-state index contributed by atoms with van der Waals surface area (Å²) < 4.78 is 0. The number of fused-ring (bicyclic) bond motifs is 2. The minimum atomic E-state index is 0.188. The lowest BCUT2D eigenvalue weighted by Crippen LogP contribution is -2.53. The summed E-state index contributed by atoms with van der Waals surface area (Å²) >= 11 is 0. The van der Waals surface area contributed by atoms with Crippen molar-refractivity contribution < 1.29 is 4.79 Å². The van der Waals surface area contributed by atoms with E-state index in [9.17, 15) is 4.79 Å².